The molecule has 0 amide bonds. The van der Waals surface area contributed by atoms with E-state index in [1.54, 1.807) is 11.4 Å². The molecule has 0 aromatic rings. The summed E-state index contributed by atoms with van der Waals surface area (Å²) in [5.74, 6) is 0.248. The van der Waals surface area contributed by atoms with Gasteiger partial charge in [-0.25, -0.2) is 12.7 Å². The number of hydrogen-bond donors (Lipinski definition) is 1. The third-order valence-electron chi connectivity index (χ3n) is 4.83. The predicted octanol–water partition coefficient (Wildman–Crippen LogP) is -0.362. The quantitative estimate of drug-likeness (QED) is 0.725. The first-order chi connectivity index (χ1) is 10.0. The Morgan fingerprint density at radius 3 is 2.29 bits per heavy atom. The molecule has 2 aliphatic rings. The molecule has 0 atom stereocenters. The minimum Gasteiger partial charge on any atom is -0.314 e. The van der Waals surface area contributed by atoms with Crippen LogP contribution in [0.1, 0.15) is 19.8 Å². The van der Waals surface area contributed by atoms with Gasteiger partial charge >= 0.3 is 0 Å². The molecule has 2 saturated heterocycles. The molecule has 2 rings (SSSR count). The molecule has 1 N–H and O–H groups in total. The largest absolute Gasteiger partial charge is 0.314 e. The predicted molar refractivity (Wildman–Crippen MR) is 86.0 cm³/mol. The molecule has 7 heteroatoms. The SMILES string of the molecule is CCN1CCC(N(C)S(=O)(=O)CCN2CCNCC2)CC1. The fraction of sp³-hybridized carbons (Fsp3) is 1.00. The summed E-state index contributed by atoms with van der Waals surface area (Å²) in [5.41, 5.74) is 0. The van der Waals surface area contributed by atoms with E-state index in [2.05, 4.69) is 22.0 Å². The van der Waals surface area contributed by atoms with Crippen LogP contribution in [0.5, 0.6) is 0 Å². The number of hydrogen-bond acceptors (Lipinski definition) is 5. The maximum atomic E-state index is 12.5. The maximum Gasteiger partial charge on any atom is 0.215 e. The molecule has 124 valence electrons. The molecule has 6 nitrogen and oxygen atoms in total. The first kappa shape index (κ1) is 17.1. The summed E-state index contributed by atoms with van der Waals surface area (Å²) in [6.45, 7) is 9.74. The summed E-state index contributed by atoms with van der Waals surface area (Å²) in [4.78, 5) is 4.62. The van der Waals surface area contributed by atoms with Crippen LogP contribution in [-0.4, -0.2) is 93.7 Å². The van der Waals surface area contributed by atoms with Crippen molar-refractivity contribution in [3.8, 4) is 0 Å². The molecular weight excluding hydrogens is 288 g/mol. The van der Waals surface area contributed by atoms with E-state index in [0.717, 1.165) is 58.7 Å². The van der Waals surface area contributed by atoms with Gasteiger partial charge in [0.2, 0.25) is 10.0 Å². The van der Waals surface area contributed by atoms with Gasteiger partial charge in [-0.05, 0) is 32.5 Å². The Labute approximate surface area is 129 Å². The van der Waals surface area contributed by atoms with E-state index in [0.29, 0.717) is 6.54 Å². The Kier molecular flexibility index (Phi) is 6.43. The van der Waals surface area contributed by atoms with Crippen molar-refractivity contribution in [2.45, 2.75) is 25.8 Å². The average molecular weight is 318 g/mol. The van der Waals surface area contributed by atoms with Crippen molar-refractivity contribution in [2.24, 2.45) is 0 Å². The summed E-state index contributed by atoms with van der Waals surface area (Å²) in [7, 11) is -1.37. The Hall–Kier alpha value is -0.210. The van der Waals surface area contributed by atoms with Gasteiger partial charge in [-0.3, -0.25) is 4.90 Å². The van der Waals surface area contributed by atoms with E-state index >= 15 is 0 Å². The van der Waals surface area contributed by atoms with Gasteiger partial charge in [-0.2, -0.15) is 0 Å². The number of likely N-dealkylation sites (tertiary alicyclic amines) is 1. The van der Waals surface area contributed by atoms with E-state index in [1.807, 2.05) is 0 Å². The Balaban J connectivity index is 1.80. The van der Waals surface area contributed by atoms with E-state index in [4.69, 9.17) is 0 Å². The van der Waals surface area contributed by atoms with Crippen molar-refractivity contribution >= 4 is 10.0 Å². The molecule has 0 aromatic carbocycles. The van der Waals surface area contributed by atoms with Crippen LogP contribution >= 0.6 is 0 Å². The van der Waals surface area contributed by atoms with Crippen LogP contribution in [0.3, 0.4) is 0 Å². The average Bonchev–Trinajstić information content (AvgIpc) is 2.53. The van der Waals surface area contributed by atoms with Crippen LogP contribution in [0.15, 0.2) is 0 Å². The van der Waals surface area contributed by atoms with Gasteiger partial charge in [-0.1, -0.05) is 6.92 Å². The highest BCUT2D eigenvalue weighted by molar-refractivity contribution is 7.89. The molecule has 0 aromatic heterocycles. The van der Waals surface area contributed by atoms with Crippen molar-refractivity contribution in [2.75, 3.05) is 65.2 Å². The lowest BCUT2D eigenvalue weighted by atomic mass is 10.1. The van der Waals surface area contributed by atoms with E-state index in [-0.39, 0.29) is 11.8 Å². The number of piperazine rings is 1. The standard InChI is InChI=1S/C14H30N4O2S/c1-3-17-8-4-14(5-9-17)16(2)21(19,20)13-12-18-10-6-15-7-11-18/h14-15H,3-13H2,1-2H3. The van der Waals surface area contributed by atoms with Gasteiger partial charge in [0, 0.05) is 45.8 Å². The third-order valence-corrected chi connectivity index (χ3v) is 6.71. The normalized spacial score (nSPS) is 23.8. The van der Waals surface area contributed by atoms with Gasteiger partial charge in [0.05, 0.1) is 5.75 Å². The zero-order valence-electron chi connectivity index (χ0n) is 13.4. The number of nitrogens with zero attached hydrogens (tertiary/aromatic N) is 3. The first-order valence-electron chi connectivity index (χ1n) is 8.14. The molecule has 2 aliphatic heterocycles. The van der Waals surface area contributed by atoms with E-state index < -0.39 is 10.0 Å². The fourth-order valence-corrected chi connectivity index (χ4v) is 4.59. The van der Waals surface area contributed by atoms with Gasteiger partial charge in [0.1, 0.15) is 0 Å². The van der Waals surface area contributed by atoms with Crippen molar-refractivity contribution in [1.29, 1.82) is 0 Å². The highest BCUT2D eigenvalue weighted by atomic mass is 32.2. The number of piperidine rings is 1. The molecule has 21 heavy (non-hydrogen) atoms. The molecule has 2 fully saturated rings. The lowest BCUT2D eigenvalue weighted by Gasteiger charge is -2.36. The lowest BCUT2D eigenvalue weighted by molar-refractivity contribution is 0.176. The van der Waals surface area contributed by atoms with Crippen LogP contribution in [0.2, 0.25) is 0 Å². The van der Waals surface area contributed by atoms with Crippen LogP contribution < -0.4 is 5.32 Å². The van der Waals surface area contributed by atoms with Gasteiger partial charge < -0.3 is 10.2 Å². The molecule has 2 heterocycles. The van der Waals surface area contributed by atoms with Crippen molar-refractivity contribution in [3.05, 3.63) is 0 Å². The Morgan fingerprint density at radius 1 is 1.10 bits per heavy atom. The Morgan fingerprint density at radius 2 is 1.71 bits per heavy atom. The second-order valence-electron chi connectivity index (χ2n) is 6.09. The molecule has 0 saturated carbocycles. The van der Waals surface area contributed by atoms with Gasteiger partial charge in [0.25, 0.3) is 0 Å². The molecule has 0 unspecified atom stereocenters. The van der Waals surface area contributed by atoms with E-state index in [1.165, 1.54) is 0 Å². The van der Waals surface area contributed by atoms with Gasteiger partial charge in [0.15, 0.2) is 0 Å². The monoisotopic (exact) mass is 318 g/mol. The summed E-state index contributed by atoms with van der Waals surface area (Å²) < 4.78 is 26.6. The molecule has 0 aliphatic carbocycles. The van der Waals surface area contributed by atoms with Crippen molar-refractivity contribution < 1.29 is 8.42 Å². The van der Waals surface area contributed by atoms with Crippen LogP contribution in [0, 0.1) is 0 Å². The van der Waals surface area contributed by atoms with Crippen LogP contribution in [0.4, 0.5) is 0 Å². The van der Waals surface area contributed by atoms with Crippen molar-refractivity contribution in [3.63, 3.8) is 0 Å². The topological polar surface area (TPSA) is 55.9 Å². The number of nitrogens with one attached hydrogen (secondary N) is 1. The number of sulfonamides is 1. The molecule has 0 bridgehead atoms. The number of rotatable bonds is 6. The zero-order chi connectivity index (χ0) is 15.3. The highest BCUT2D eigenvalue weighted by Gasteiger charge is 2.29. The lowest BCUT2D eigenvalue weighted by Crippen LogP contribution is -2.49. The molecule has 0 radical (unpaired) electrons. The van der Waals surface area contributed by atoms with Gasteiger partial charge in [-0.15, -0.1) is 0 Å². The molecular formula is C14H30N4O2S. The summed E-state index contributed by atoms with van der Waals surface area (Å²) in [6, 6.07) is 0.181. The minimum absolute atomic E-state index is 0.181. The van der Waals surface area contributed by atoms with Crippen LogP contribution in [0.25, 0.3) is 0 Å². The molecule has 0 spiro atoms. The Bertz CT molecular complexity index is 401. The maximum absolute atomic E-state index is 12.5. The van der Waals surface area contributed by atoms with E-state index in [9.17, 15) is 8.42 Å². The second kappa shape index (κ2) is 7.87. The second-order valence-corrected chi connectivity index (χ2v) is 8.24. The fourth-order valence-electron chi connectivity index (χ4n) is 3.15. The first-order valence-corrected chi connectivity index (χ1v) is 9.75. The van der Waals surface area contributed by atoms with Crippen molar-refractivity contribution in [1.82, 2.24) is 19.4 Å². The van der Waals surface area contributed by atoms with Crippen LogP contribution in [-0.2, 0) is 10.0 Å². The summed E-state index contributed by atoms with van der Waals surface area (Å²) in [5, 5.41) is 3.29. The zero-order valence-corrected chi connectivity index (χ0v) is 14.2. The smallest absolute Gasteiger partial charge is 0.215 e. The summed E-state index contributed by atoms with van der Waals surface area (Å²) >= 11 is 0. The summed E-state index contributed by atoms with van der Waals surface area (Å²) in [6.07, 6.45) is 1.91. The highest BCUT2D eigenvalue weighted by Crippen LogP contribution is 2.18. The third kappa shape index (κ3) is 4.89. The minimum atomic E-state index is -3.13.